The molecule has 0 aliphatic heterocycles. The van der Waals surface area contributed by atoms with Gasteiger partial charge in [0, 0.05) is 29.4 Å². The Bertz CT molecular complexity index is 1050. The first-order valence-electron chi connectivity index (χ1n) is 8.69. The van der Waals surface area contributed by atoms with E-state index in [4.69, 9.17) is 23.2 Å². The number of alkyl halides is 2. The molecule has 3 N–H and O–H groups in total. The minimum absolute atomic E-state index is 0.0633. The van der Waals surface area contributed by atoms with Crippen LogP contribution in [0.3, 0.4) is 0 Å². The zero-order chi connectivity index (χ0) is 22.1. The van der Waals surface area contributed by atoms with E-state index in [0.717, 1.165) is 0 Å². The molecule has 1 saturated carbocycles. The number of nitrogens with zero attached hydrogens (tertiary/aromatic N) is 1. The SMILES string of the molecule is O=C(Nc1ccnc(Cl)c1F)c1[nH]cc(CS(=O)(=O)NC2CC(CF)(CF)C2)c1Cl. The predicted octanol–water partition coefficient (Wildman–Crippen LogP) is 3.62. The fourth-order valence-electron chi connectivity index (χ4n) is 3.24. The Kier molecular flexibility index (Phi) is 6.66. The highest BCUT2D eigenvalue weighted by atomic mass is 35.5. The van der Waals surface area contributed by atoms with Gasteiger partial charge in [-0.3, -0.25) is 13.6 Å². The van der Waals surface area contributed by atoms with Gasteiger partial charge in [-0.25, -0.2) is 22.5 Å². The Morgan fingerprint density at radius 1 is 1.30 bits per heavy atom. The third kappa shape index (κ3) is 4.74. The van der Waals surface area contributed by atoms with Crippen molar-refractivity contribution in [3.05, 3.63) is 45.7 Å². The summed E-state index contributed by atoms with van der Waals surface area (Å²) in [5.74, 6) is -2.30. The van der Waals surface area contributed by atoms with Gasteiger partial charge < -0.3 is 10.3 Å². The van der Waals surface area contributed by atoms with E-state index in [9.17, 15) is 26.4 Å². The van der Waals surface area contributed by atoms with Crippen LogP contribution < -0.4 is 10.0 Å². The molecule has 30 heavy (non-hydrogen) atoms. The summed E-state index contributed by atoms with van der Waals surface area (Å²) in [7, 11) is -3.88. The second kappa shape index (κ2) is 8.74. The van der Waals surface area contributed by atoms with Crippen molar-refractivity contribution in [2.24, 2.45) is 5.41 Å². The maximum atomic E-state index is 13.9. The quantitative estimate of drug-likeness (QED) is 0.497. The molecular formula is C17H17Cl2F3N4O3S. The fourth-order valence-corrected chi connectivity index (χ4v) is 5.13. The molecule has 7 nitrogen and oxygen atoms in total. The topological polar surface area (TPSA) is 104 Å². The standard InChI is InChI=1S/C17H17Cl2F3N4O3S/c18-12-9(6-30(28,29)26-10-3-17(4-10,7-20)8-21)5-24-14(12)16(27)25-11-1-2-23-15(19)13(11)22/h1-2,5,10,24,26H,3-4,6-8H2,(H,23,25,27). The molecular weight excluding hydrogens is 468 g/mol. The molecule has 13 heteroatoms. The maximum absolute atomic E-state index is 13.9. The van der Waals surface area contributed by atoms with Crippen molar-refractivity contribution < 1.29 is 26.4 Å². The van der Waals surface area contributed by atoms with E-state index < -0.39 is 57.5 Å². The van der Waals surface area contributed by atoms with Gasteiger partial charge in [-0.2, -0.15) is 0 Å². The van der Waals surface area contributed by atoms with Crippen molar-refractivity contribution >= 4 is 44.8 Å². The molecule has 164 valence electrons. The monoisotopic (exact) mass is 484 g/mol. The number of carbonyl (C=O) groups excluding carboxylic acids is 1. The van der Waals surface area contributed by atoms with Gasteiger partial charge in [-0.1, -0.05) is 23.2 Å². The number of pyridine rings is 1. The molecule has 0 radical (unpaired) electrons. The van der Waals surface area contributed by atoms with Crippen LogP contribution in [0.1, 0.15) is 28.9 Å². The normalized spacial score (nSPS) is 16.3. The number of H-pyrrole nitrogens is 1. The molecule has 0 bridgehead atoms. The number of hydrogen-bond donors (Lipinski definition) is 3. The molecule has 0 aromatic carbocycles. The van der Waals surface area contributed by atoms with Crippen molar-refractivity contribution in [2.45, 2.75) is 24.6 Å². The van der Waals surface area contributed by atoms with Gasteiger partial charge in [-0.05, 0) is 18.9 Å². The molecule has 3 rings (SSSR count). The summed E-state index contributed by atoms with van der Waals surface area (Å²) < 4.78 is 66.7. The number of rotatable bonds is 8. The Balaban J connectivity index is 1.66. The van der Waals surface area contributed by atoms with Gasteiger partial charge >= 0.3 is 0 Å². The molecule has 1 aliphatic rings. The molecule has 0 unspecified atom stereocenters. The van der Waals surface area contributed by atoms with Crippen LogP contribution >= 0.6 is 23.2 Å². The predicted molar refractivity (Wildman–Crippen MR) is 106 cm³/mol. The van der Waals surface area contributed by atoms with E-state index >= 15 is 0 Å². The molecule has 1 aliphatic carbocycles. The summed E-state index contributed by atoms with van der Waals surface area (Å²) in [6.45, 7) is -1.71. The maximum Gasteiger partial charge on any atom is 0.273 e. The number of nitrogens with one attached hydrogen (secondary N) is 3. The van der Waals surface area contributed by atoms with E-state index in [1.807, 2.05) is 0 Å². The molecule has 0 atom stereocenters. The summed E-state index contributed by atoms with van der Waals surface area (Å²) in [4.78, 5) is 18.4. The molecule has 1 fully saturated rings. The van der Waals surface area contributed by atoms with Gasteiger partial charge in [0.1, 0.15) is 5.69 Å². The average Bonchev–Trinajstić information content (AvgIpc) is 3.01. The largest absolute Gasteiger partial charge is 0.356 e. The molecule has 1 amide bonds. The highest BCUT2D eigenvalue weighted by molar-refractivity contribution is 7.88. The number of aromatic nitrogens is 2. The number of carbonyl (C=O) groups is 1. The minimum Gasteiger partial charge on any atom is -0.356 e. The minimum atomic E-state index is -3.88. The van der Waals surface area contributed by atoms with Crippen LogP contribution in [0.15, 0.2) is 18.5 Å². The molecule has 2 aromatic heterocycles. The Morgan fingerprint density at radius 3 is 2.60 bits per heavy atom. The summed E-state index contributed by atoms with van der Waals surface area (Å²) in [6, 6.07) is 0.625. The molecule has 0 spiro atoms. The highest BCUT2D eigenvalue weighted by Crippen LogP contribution is 2.42. The van der Waals surface area contributed by atoms with Crippen LogP contribution in [0.2, 0.25) is 10.2 Å². The van der Waals surface area contributed by atoms with Crippen LogP contribution in [0.5, 0.6) is 0 Å². The van der Waals surface area contributed by atoms with E-state index in [2.05, 4.69) is 20.0 Å². The van der Waals surface area contributed by atoms with Crippen LogP contribution in [0.4, 0.5) is 18.9 Å². The van der Waals surface area contributed by atoms with Crippen molar-refractivity contribution in [3.8, 4) is 0 Å². The Morgan fingerprint density at radius 2 is 1.97 bits per heavy atom. The Labute approximate surface area is 180 Å². The van der Waals surface area contributed by atoms with Crippen LogP contribution in [0, 0.1) is 11.2 Å². The number of anilines is 1. The van der Waals surface area contributed by atoms with Gasteiger partial charge in [-0.15, -0.1) is 0 Å². The first kappa shape index (κ1) is 22.9. The summed E-state index contributed by atoms with van der Waals surface area (Å²) in [6.07, 6.45) is 2.56. The van der Waals surface area contributed by atoms with Crippen LogP contribution in [-0.4, -0.2) is 43.7 Å². The molecule has 2 heterocycles. The molecule has 2 aromatic rings. The number of sulfonamides is 1. The lowest BCUT2D eigenvalue weighted by atomic mass is 9.67. The van der Waals surface area contributed by atoms with E-state index in [0.29, 0.717) is 0 Å². The van der Waals surface area contributed by atoms with Crippen molar-refractivity contribution in [3.63, 3.8) is 0 Å². The second-order valence-corrected chi connectivity index (χ2v) is 9.66. The van der Waals surface area contributed by atoms with Crippen LogP contribution in [-0.2, 0) is 15.8 Å². The highest BCUT2D eigenvalue weighted by Gasteiger charge is 2.46. The van der Waals surface area contributed by atoms with Gasteiger partial charge in [0.25, 0.3) is 5.91 Å². The number of halogens is 5. The number of amides is 1. The van der Waals surface area contributed by atoms with E-state index in [1.165, 1.54) is 18.5 Å². The lowest BCUT2D eigenvalue weighted by molar-refractivity contribution is 0.0334. The van der Waals surface area contributed by atoms with E-state index in [-0.39, 0.29) is 34.8 Å². The van der Waals surface area contributed by atoms with Crippen molar-refractivity contribution in [1.29, 1.82) is 0 Å². The number of hydrogen-bond acceptors (Lipinski definition) is 4. The average molecular weight is 485 g/mol. The number of aromatic amines is 1. The lowest BCUT2D eigenvalue weighted by Gasteiger charge is -2.44. The Hall–Kier alpha value is -1.82. The summed E-state index contributed by atoms with van der Waals surface area (Å²) in [5.41, 5.74) is -1.42. The third-order valence-corrected chi connectivity index (χ3v) is 6.91. The first-order chi connectivity index (χ1) is 14.1. The fraction of sp³-hybridized carbons (Fsp3) is 0.412. The van der Waals surface area contributed by atoms with Crippen molar-refractivity contribution in [2.75, 3.05) is 18.7 Å². The lowest BCUT2D eigenvalue weighted by Crippen LogP contribution is -2.53. The van der Waals surface area contributed by atoms with Gasteiger partial charge in [0.05, 0.1) is 29.8 Å². The third-order valence-electron chi connectivity index (χ3n) is 4.83. The van der Waals surface area contributed by atoms with Crippen LogP contribution in [0.25, 0.3) is 0 Å². The van der Waals surface area contributed by atoms with Crippen molar-refractivity contribution in [1.82, 2.24) is 14.7 Å². The van der Waals surface area contributed by atoms with Gasteiger partial charge in [0.2, 0.25) is 10.0 Å². The van der Waals surface area contributed by atoms with E-state index in [1.54, 1.807) is 0 Å². The second-order valence-electron chi connectivity index (χ2n) is 7.17. The zero-order valence-electron chi connectivity index (χ0n) is 15.3. The zero-order valence-corrected chi connectivity index (χ0v) is 17.6. The summed E-state index contributed by atoms with van der Waals surface area (Å²) in [5, 5.41) is 1.68. The first-order valence-corrected chi connectivity index (χ1v) is 11.1. The summed E-state index contributed by atoms with van der Waals surface area (Å²) >= 11 is 11.7. The molecule has 0 saturated heterocycles. The smallest absolute Gasteiger partial charge is 0.273 e. The van der Waals surface area contributed by atoms with Gasteiger partial charge in [0.15, 0.2) is 11.0 Å².